The molecule has 0 aliphatic rings. The van der Waals surface area contributed by atoms with Gasteiger partial charge in [-0.05, 0) is 36.6 Å². The van der Waals surface area contributed by atoms with E-state index in [1.165, 1.54) is 0 Å². The van der Waals surface area contributed by atoms with Gasteiger partial charge in [0.25, 0.3) is 0 Å². The van der Waals surface area contributed by atoms with Crippen molar-refractivity contribution in [2.45, 2.75) is 26.7 Å². The van der Waals surface area contributed by atoms with Crippen LogP contribution in [0.5, 0.6) is 0 Å². The molecule has 0 unspecified atom stereocenters. The summed E-state index contributed by atoms with van der Waals surface area (Å²) in [5.41, 5.74) is 9.62. The molecule has 0 fully saturated rings. The number of halogens is 1. The summed E-state index contributed by atoms with van der Waals surface area (Å²) < 4.78 is 0. The van der Waals surface area contributed by atoms with Gasteiger partial charge in [0, 0.05) is 21.7 Å². The summed E-state index contributed by atoms with van der Waals surface area (Å²) >= 11 is 11.2. The third-order valence-electron chi connectivity index (χ3n) is 2.95. The molecule has 2 N–H and O–H groups in total. The normalized spacial score (nSPS) is 11.2. The first-order valence-electron chi connectivity index (χ1n) is 5.80. The fourth-order valence-corrected chi connectivity index (χ4v) is 2.42. The molecule has 1 aromatic heterocycles. The Morgan fingerprint density at radius 1 is 1.33 bits per heavy atom. The molecule has 0 aliphatic heterocycles. The largest absolute Gasteiger partial charge is 0.389 e. The lowest BCUT2D eigenvalue weighted by Crippen LogP contribution is -2.12. The van der Waals surface area contributed by atoms with E-state index in [1.807, 2.05) is 25.1 Å². The maximum Gasteiger partial charge on any atom is 0.104 e. The Hall–Kier alpha value is -1.19. The third-order valence-corrected chi connectivity index (χ3v) is 3.38. The van der Waals surface area contributed by atoms with Crippen molar-refractivity contribution in [2.75, 3.05) is 0 Å². The zero-order valence-corrected chi connectivity index (χ0v) is 12.2. The molecule has 94 valence electrons. The van der Waals surface area contributed by atoms with Crippen LogP contribution >= 0.6 is 23.8 Å². The van der Waals surface area contributed by atoms with Crippen LogP contribution in [0, 0.1) is 6.92 Å². The van der Waals surface area contributed by atoms with E-state index in [-0.39, 0.29) is 0 Å². The second-order valence-corrected chi connectivity index (χ2v) is 5.61. The number of aryl methyl sites for hydroxylation is 1. The quantitative estimate of drug-likeness (QED) is 0.845. The maximum atomic E-state index is 6.09. The van der Waals surface area contributed by atoms with E-state index < -0.39 is 0 Å². The first kappa shape index (κ1) is 13.2. The van der Waals surface area contributed by atoms with Crippen molar-refractivity contribution in [1.82, 2.24) is 4.98 Å². The second kappa shape index (κ2) is 4.82. The van der Waals surface area contributed by atoms with Crippen molar-refractivity contribution in [2.24, 2.45) is 5.73 Å². The Balaban J connectivity index is 2.90. The van der Waals surface area contributed by atoms with E-state index in [4.69, 9.17) is 29.6 Å². The topological polar surface area (TPSA) is 38.9 Å². The van der Waals surface area contributed by atoms with E-state index in [0.717, 1.165) is 27.7 Å². The number of aromatic nitrogens is 1. The zero-order valence-electron chi connectivity index (χ0n) is 10.6. The molecule has 0 atom stereocenters. The van der Waals surface area contributed by atoms with Gasteiger partial charge in [-0.15, -0.1) is 0 Å². The number of hydrogen-bond acceptors (Lipinski definition) is 2. The highest BCUT2D eigenvalue weighted by atomic mass is 35.5. The minimum atomic E-state index is 0.331. The average Bonchev–Trinajstić information content (AvgIpc) is 2.27. The molecule has 1 aromatic carbocycles. The van der Waals surface area contributed by atoms with Gasteiger partial charge in [-0.2, -0.15) is 0 Å². The van der Waals surface area contributed by atoms with Crippen molar-refractivity contribution in [1.29, 1.82) is 0 Å². The van der Waals surface area contributed by atoms with Crippen LogP contribution in [0.2, 0.25) is 5.02 Å². The first-order valence-corrected chi connectivity index (χ1v) is 6.59. The fraction of sp³-hybridized carbons (Fsp3) is 0.286. The molecule has 1 heterocycles. The summed E-state index contributed by atoms with van der Waals surface area (Å²) in [7, 11) is 0. The first-order chi connectivity index (χ1) is 8.40. The smallest absolute Gasteiger partial charge is 0.104 e. The lowest BCUT2D eigenvalue weighted by Gasteiger charge is -2.12. The lowest BCUT2D eigenvalue weighted by atomic mass is 10.0. The number of rotatable bonds is 2. The van der Waals surface area contributed by atoms with Crippen LogP contribution in [0.25, 0.3) is 10.9 Å². The molecule has 0 aliphatic carbocycles. The number of nitrogens with zero attached hydrogens (tertiary/aromatic N) is 1. The Bertz CT molecular complexity index is 635. The SMILES string of the molecule is Cc1cc(Cl)cc2c(C(N)=S)cc(C(C)C)nc12. The van der Waals surface area contributed by atoms with Crippen molar-refractivity contribution in [3.8, 4) is 0 Å². The zero-order chi connectivity index (χ0) is 13.4. The molecule has 0 saturated carbocycles. The van der Waals surface area contributed by atoms with Gasteiger partial charge in [0.2, 0.25) is 0 Å². The monoisotopic (exact) mass is 278 g/mol. The van der Waals surface area contributed by atoms with E-state index in [0.29, 0.717) is 15.9 Å². The summed E-state index contributed by atoms with van der Waals surface area (Å²) in [5, 5.41) is 1.61. The summed E-state index contributed by atoms with van der Waals surface area (Å²) in [5.74, 6) is 0.331. The number of fused-ring (bicyclic) bond motifs is 1. The van der Waals surface area contributed by atoms with Gasteiger partial charge >= 0.3 is 0 Å². The fourth-order valence-electron chi connectivity index (χ4n) is 1.98. The second-order valence-electron chi connectivity index (χ2n) is 4.73. The lowest BCUT2D eigenvalue weighted by molar-refractivity contribution is 0.829. The summed E-state index contributed by atoms with van der Waals surface area (Å²) in [6.45, 7) is 6.19. The van der Waals surface area contributed by atoms with E-state index in [9.17, 15) is 0 Å². The molecule has 0 spiro atoms. The molecule has 18 heavy (non-hydrogen) atoms. The number of thiocarbonyl (C=S) groups is 1. The van der Waals surface area contributed by atoms with Gasteiger partial charge in [0.15, 0.2) is 0 Å². The van der Waals surface area contributed by atoms with Crippen LogP contribution in [0.1, 0.15) is 36.6 Å². The highest BCUT2D eigenvalue weighted by Crippen LogP contribution is 2.27. The van der Waals surface area contributed by atoms with Crippen molar-refractivity contribution < 1.29 is 0 Å². The Morgan fingerprint density at radius 2 is 2.00 bits per heavy atom. The van der Waals surface area contributed by atoms with E-state index in [1.54, 1.807) is 0 Å². The minimum Gasteiger partial charge on any atom is -0.389 e. The van der Waals surface area contributed by atoms with Crippen LogP contribution in [0.3, 0.4) is 0 Å². The Morgan fingerprint density at radius 3 is 2.56 bits per heavy atom. The molecule has 0 bridgehead atoms. The molecule has 0 saturated heterocycles. The number of nitrogens with two attached hydrogens (primary N) is 1. The van der Waals surface area contributed by atoms with Gasteiger partial charge in [-0.1, -0.05) is 37.7 Å². The van der Waals surface area contributed by atoms with Gasteiger partial charge in [-0.25, -0.2) is 0 Å². The van der Waals surface area contributed by atoms with Gasteiger partial charge < -0.3 is 5.73 Å². The number of benzene rings is 1. The highest BCUT2D eigenvalue weighted by Gasteiger charge is 2.12. The van der Waals surface area contributed by atoms with Crippen LogP contribution in [-0.2, 0) is 0 Å². The van der Waals surface area contributed by atoms with Crippen LogP contribution in [0.4, 0.5) is 0 Å². The van der Waals surface area contributed by atoms with Crippen LogP contribution in [-0.4, -0.2) is 9.97 Å². The predicted octanol–water partition coefficient (Wildman–Crippen LogP) is 3.95. The molecule has 2 nitrogen and oxygen atoms in total. The molecule has 0 radical (unpaired) electrons. The summed E-state index contributed by atoms with van der Waals surface area (Å²) in [6.07, 6.45) is 0. The Kier molecular flexibility index (Phi) is 3.55. The molecule has 2 rings (SSSR count). The highest BCUT2D eigenvalue weighted by molar-refractivity contribution is 7.80. The number of hydrogen-bond donors (Lipinski definition) is 1. The van der Waals surface area contributed by atoms with Gasteiger partial charge in [0.05, 0.1) is 5.52 Å². The van der Waals surface area contributed by atoms with E-state index in [2.05, 4.69) is 18.8 Å². The van der Waals surface area contributed by atoms with Crippen molar-refractivity contribution in [3.05, 3.63) is 40.0 Å². The van der Waals surface area contributed by atoms with Gasteiger partial charge in [-0.3, -0.25) is 4.98 Å². The third kappa shape index (κ3) is 2.33. The molecule has 4 heteroatoms. The number of pyridine rings is 1. The molecular formula is C14H15ClN2S. The maximum absolute atomic E-state index is 6.09. The predicted molar refractivity (Wildman–Crippen MR) is 81.5 cm³/mol. The van der Waals surface area contributed by atoms with Crippen molar-refractivity contribution in [3.63, 3.8) is 0 Å². The van der Waals surface area contributed by atoms with Crippen LogP contribution < -0.4 is 5.73 Å². The van der Waals surface area contributed by atoms with Crippen molar-refractivity contribution >= 4 is 39.7 Å². The standard InChI is InChI=1S/C14H15ClN2S/c1-7(2)12-6-11(14(16)18)10-5-9(15)4-8(3)13(10)17-12/h4-7H,1-3H3,(H2,16,18). The van der Waals surface area contributed by atoms with Crippen LogP contribution in [0.15, 0.2) is 18.2 Å². The molecular weight excluding hydrogens is 264 g/mol. The Labute approximate surface area is 117 Å². The molecule has 0 amide bonds. The molecule has 2 aromatic rings. The average molecular weight is 279 g/mol. The summed E-state index contributed by atoms with van der Waals surface area (Å²) in [6, 6.07) is 5.74. The minimum absolute atomic E-state index is 0.331. The summed E-state index contributed by atoms with van der Waals surface area (Å²) in [4.78, 5) is 5.07. The van der Waals surface area contributed by atoms with E-state index >= 15 is 0 Å². The van der Waals surface area contributed by atoms with Gasteiger partial charge in [0.1, 0.15) is 4.99 Å².